The number of hydrogen-bond acceptors (Lipinski definition) is 2. The zero-order valence-corrected chi connectivity index (χ0v) is 14.7. The molecule has 1 aromatic rings. The highest BCUT2D eigenvalue weighted by Gasteiger charge is 2.65. The van der Waals surface area contributed by atoms with Crippen LogP contribution < -0.4 is 4.74 Å². The van der Waals surface area contributed by atoms with Crippen molar-refractivity contribution in [3.63, 3.8) is 0 Å². The van der Waals surface area contributed by atoms with Gasteiger partial charge in [0.05, 0.1) is 6.94 Å². The average molecular weight is 378 g/mol. The van der Waals surface area contributed by atoms with Gasteiger partial charge in [0.15, 0.2) is 0 Å². The van der Waals surface area contributed by atoms with E-state index in [0.717, 1.165) is 18.9 Å². The van der Waals surface area contributed by atoms with Crippen molar-refractivity contribution < 1.29 is 29.2 Å². The molecule has 0 aromatic heterocycles. The van der Waals surface area contributed by atoms with E-state index in [2.05, 4.69) is 0 Å². The second-order valence-corrected chi connectivity index (χ2v) is 6.63. The molecule has 1 aromatic carbocycles. The van der Waals surface area contributed by atoms with Gasteiger partial charge in [-0.15, -0.1) is 0 Å². The molecule has 1 aliphatic heterocycles. The van der Waals surface area contributed by atoms with Crippen molar-refractivity contribution in [3.8, 4) is 5.75 Å². The number of ether oxygens (including phenoxy) is 1. The standard InChI is InChI=1S/C18H20ClF3O3/c1-3-4-5-6-11(2)17(18(20,21)22)14(16(23)24)10-12-9-13(19)7-8-15(12)25-17/h7-11H,3-6H2,1-2H3,(H,23,24)/i8D. The van der Waals surface area contributed by atoms with Crippen LogP contribution in [0.5, 0.6) is 5.75 Å². The van der Waals surface area contributed by atoms with Crippen LogP contribution in [-0.4, -0.2) is 22.9 Å². The van der Waals surface area contributed by atoms with E-state index in [4.69, 9.17) is 17.7 Å². The minimum Gasteiger partial charge on any atom is -0.478 e. The van der Waals surface area contributed by atoms with Crippen LogP contribution >= 0.6 is 11.6 Å². The molecule has 0 saturated carbocycles. The first-order valence-electron chi connectivity index (χ1n) is 8.56. The zero-order chi connectivity index (χ0) is 19.7. The summed E-state index contributed by atoms with van der Waals surface area (Å²) in [6.07, 6.45) is -1.81. The molecular formula is C18H20ClF3O3. The minimum absolute atomic E-state index is 0.0560. The maximum atomic E-state index is 14.2. The summed E-state index contributed by atoms with van der Waals surface area (Å²) in [5.41, 5.74) is -3.84. The Bertz CT molecular complexity index is 733. The lowest BCUT2D eigenvalue weighted by Gasteiger charge is -2.43. The van der Waals surface area contributed by atoms with Gasteiger partial charge in [-0.1, -0.05) is 44.7 Å². The van der Waals surface area contributed by atoms with Crippen LogP contribution in [0.25, 0.3) is 6.08 Å². The Hall–Kier alpha value is -1.69. The Kier molecular flexibility index (Phi) is 5.27. The maximum absolute atomic E-state index is 14.2. The van der Waals surface area contributed by atoms with Crippen molar-refractivity contribution in [2.75, 3.05) is 0 Å². The lowest BCUT2D eigenvalue weighted by Crippen LogP contribution is -2.59. The van der Waals surface area contributed by atoms with Gasteiger partial charge in [-0.3, -0.25) is 0 Å². The molecule has 0 amide bonds. The molecule has 25 heavy (non-hydrogen) atoms. The van der Waals surface area contributed by atoms with Crippen molar-refractivity contribution in [1.29, 1.82) is 0 Å². The fourth-order valence-electron chi connectivity index (χ4n) is 3.13. The molecule has 0 spiro atoms. The Morgan fingerprint density at radius 1 is 1.48 bits per heavy atom. The van der Waals surface area contributed by atoms with Crippen molar-refractivity contribution in [3.05, 3.63) is 34.3 Å². The predicted octanol–water partition coefficient (Wildman–Crippen LogP) is 5.72. The summed E-state index contributed by atoms with van der Waals surface area (Å²) in [6, 6.07) is 2.14. The normalized spacial score (nSPS) is 21.7. The summed E-state index contributed by atoms with van der Waals surface area (Å²) in [4.78, 5) is 11.7. The van der Waals surface area contributed by atoms with E-state index < -0.39 is 29.2 Å². The highest BCUT2D eigenvalue weighted by atomic mass is 35.5. The number of aliphatic carboxylic acids is 1. The van der Waals surface area contributed by atoms with Crippen LogP contribution in [0.15, 0.2) is 23.7 Å². The topological polar surface area (TPSA) is 46.5 Å². The summed E-state index contributed by atoms with van der Waals surface area (Å²) in [5, 5.41) is 9.61. The van der Waals surface area contributed by atoms with E-state index in [0.29, 0.717) is 6.42 Å². The summed E-state index contributed by atoms with van der Waals surface area (Å²) >= 11 is 5.84. The van der Waals surface area contributed by atoms with Crippen molar-refractivity contribution >= 4 is 23.6 Å². The number of benzene rings is 1. The monoisotopic (exact) mass is 377 g/mol. The van der Waals surface area contributed by atoms with Gasteiger partial charge in [-0.25, -0.2) is 4.79 Å². The Morgan fingerprint density at radius 2 is 2.16 bits per heavy atom. The number of carbonyl (C=O) groups is 1. The van der Waals surface area contributed by atoms with Crippen LogP contribution in [0.3, 0.4) is 0 Å². The SMILES string of the molecule is [2H]c1cc(Cl)cc2c1OC(C(C)CCCCC)(C(F)(F)F)C(C(=O)O)=C2. The quantitative estimate of drug-likeness (QED) is 0.645. The lowest BCUT2D eigenvalue weighted by atomic mass is 9.76. The average Bonchev–Trinajstić information content (AvgIpc) is 2.52. The largest absolute Gasteiger partial charge is 0.478 e. The van der Waals surface area contributed by atoms with E-state index in [-0.39, 0.29) is 28.8 Å². The molecule has 0 aliphatic carbocycles. The van der Waals surface area contributed by atoms with Gasteiger partial charge in [0, 0.05) is 16.5 Å². The predicted molar refractivity (Wildman–Crippen MR) is 89.8 cm³/mol. The van der Waals surface area contributed by atoms with Crippen LogP contribution in [0.1, 0.15) is 46.5 Å². The number of halogens is 4. The number of carboxylic acid groups (broad SMARTS) is 1. The molecule has 2 atom stereocenters. The maximum Gasteiger partial charge on any atom is 0.433 e. The van der Waals surface area contributed by atoms with Gasteiger partial charge in [0.2, 0.25) is 5.60 Å². The van der Waals surface area contributed by atoms with E-state index in [1.807, 2.05) is 6.92 Å². The number of rotatable bonds is 6. The molecule has 1 aliphatic rings. The molecule has 1 heterocycles. The first-order chi connectivity index (χ1) is 12.0. The summed E-state index contributed by atoms with van der Waals surface area (Å²) < 4.78 is 55.7. The number of unbranched alkanes of at least 4 members (excludes halogenated alkanes) is 2. The number of carboxylic acids is 1. The summed E-state index contributed by atoms with van der Waals surface area (Å²) in [5.74, 6) is -3.15. The fraction of sp³-hybridized carbons (Fsp3) is 0.500. The van der Waals surface area contributed by atoms with E-state index in [1.165, 1.54) is 19.1 Å². The molecule has 2 unspecified atom stereocenters. The van der Waals surface area contributed by atoms with Gasteiger partial charge >= 0.3 is 12.1 Å². The molecule has 0 radical (unpaired) electrons. The molecule has 0 saturated heterocycles. The van der Waals surface area contributed by atoms with E-state index in [9.17, 15) is 23.1 Å². The molecule has 1 N–H and O–H groups in total. The van der Waals surface area contributed by atoms with Crippen LogP contribution in [0, 0.1) is 5.92 Å². The first kappa shape index (κ1) is 18.1. The highest BCUT2D eigenvalue weighted by molar-refractivity contribution is 6.30. The number of hydrogen-bond donors (Lipinski definition) is 1. The third-order valence-corrected chi connectivity index (χ3v) is 4.66. The van der Waals surface area contributed by atoms with E-state index in [1.54, 1.807) is 0 Å². The van der Waals surface area contributed by atoms with Crippen LogP contribution in [0.4, 0.5) is 13.2 Å². The second kappa shape index (κ2) is 7.28. The van der Waals surface area contributed by atoms with Crippen molar-refractivity contribution in [2.45, 2.75) is 51.3 Å². The Labute approximate surface area is 150 Å². The molecule has 2 rings (SSSR count). The lowest BCUT2D eigenvalue weighted by molar-refractivity contribution is -0.252. The summed E-state index contributed by atoms with van der Waals surface area (Å²) in [7, 11) is 0. The zero-order valence-electron chi connectivity index (χ0n) is 14.9. The first-order valence-corrected chi connectivity index (χ1v) is 8.43. The fourth-order valence-corrected chi connectivity index (χ4v) is 3.30. The highest BCUT2D eigenvalue weighted by Crippen LogP contribution is 2.50. The molecule has 138 valence electrons. The van der Waals surface area contributed by atoms with Gasteiger partial charge in [-0.2, -0.15) is 13.2 Å². The number of alkyl halides is 3. The number of fused-ring (bicyclic) bond motifs is 1. The third kappa shape index (κ3) is 3.64. The molecular weight excluding hydrogens is 357 g/mol. The Morgan fingerprint density at radius 3 is 2.72 bits per heavy atom. The van der Waals surface area contributed by atoms with Crippen LogP contribution in [-0.2, 0) is 4.79 Å². The van der Waals surface area contributed by atoms with Gasteiger partial charge in [0.25, 0.3) is 0 Å². The molecule has 0 fully saturated rings. The molecule has 0 bridgehead atoms. The molecule has 3 nitrogen and oxygen atoms in total. The summed E-state index contributed by atoms with van der Waals surface area (Å²) in [6.45, 7) is 3.26. The van der Waals surface area contributed by atoms with Gasteiger partial charge in [-0.05, 0) is 30.7 Å². The van der Waals surface area contributed by atoms with Gasteiger partial charge in [0.1, 0.15) is 5.75 Å². The molecule has 7 heteroatoms. The van der Waals surface area contributed by atoms with Gasteiger partial charge < -0.3 is 9.84 Å². The minimum atomic E-state index is -4.97. The van der Waals surface area contributed by atoms with Crippen molar-refractivity contribution in [2.24, 2.45) is 5.92 Å². The smallest absolute Gasteiger partial charge is 0.433 e. The second-order valence-electron chi connectivity index (χ2n) is 6.20. The Balaban J connectivity index is 2.65. The van der Waals surface area contributed by atoms with E-state index >= 15 is 0 Å². The van der Waals surface area contributed by atoms with Crippen molar-refractivity contribution in [1.82, 2.24) is 0 Å². The van der Waals surface area contributed by atoms with Crippen LogP contribution in [0.2, 0.25) is 5.02 Å². The third-order valence-electron chi connectivity index (χ3n) is 4.45.